The number of benzene rings is 6. The van der Waals surface area contributed by atoms with E-state index in [1.165, 1.54) is 24.3 Å². The van der Waals surface area contributed by atoms with Crippen LogP contribution in [0.2, 0.25) is 0 Å². The average Bonchev–Trinajstić information content (AvgIpc) is 1.52. The van der Waals surface area contributed by atoms with Crippen molar-refractivity contribution in [2.75, 3.05) is 52.2 Å². The van der Waals surface area contributed by atoms with Crippen LogP contribution in [0, 0.1) is 24.5 Å². The number of fused-ring (bicyclic) bond motifs is 2. The fourth-order valence-corrected chi connectivity index (χ4v) is 11.2. The molecule has 0 spiro atoms. The lowest BCUT2D eigenvalue weighted by Crippen LogP contribution is -2.40. The Bertz CT molecular complexity index is 5710. The molecule has 0 saturated heterocycles. The third-order valence-electron chi connectivity index (χ3n) is 14.6. The van der Waals surface area contributed by atoms with E-state index in [2.05, 4.69) is 9.97 Å². The zero-order valence-electron chi connectivity index (χ0n) is 83.9. The van der Waals surface area contributed by atoms with E-state index >= 15 is 0 Å². The van der Waals surface area contributed by atoms with Gasteiger partial charge < -0.3 is 28.7 Å². The van der Waals surface area contributed by atoms with Gasteiger partial charge in [0.1, 0.15) is 24.7 Å². The molecule has 2 aliphatic rings. The molecule has 2 heterocycles. The summed E-state index contributed by atoms with van der Waals surface area (Å²) in [4.78, 5) is 67.5. The smallest absolute Gasteiger partial charge is 0.336 e. The van der Waals surface area contributed by atoms with Crippen LogP contribution < -0.4 is 11.1 Å². The van der Waals surface area contributed by atoms with Gasteiger partial charge >= 0.3 is 12.4 Å². The Labute approximate surface area is 608 Å². The quantitative estimate of drug-likeness (QED) is 0.0295. The highest BCUT2D eigenvalue weighted by Gasteiger charge is 2.34. The van der Waals surface area contributed by atoms with Crippen molar-refractivity contribution in [3.8, 4) is 22.3 Å². The van der Waals surface area contributed by atoms with Crippen LogP contribution in [-0.2, 0) is 85.1 Å². The number of hydrogen-bond acceptors (Lipinski definition) is 10. The van der Waals surface area contributed by atoms with Gasteiger partial charge in [0.2, 0.25) is 11.8 Å². The highest BCUT2D eigenvalue weighted by atomic mass is 32.2. The maximum Gasteiger partial charge on any atom is 0.416 e. The summed E-state index contributed by atoms with van der Waals surface area (Å²) in [5.41, 5.74) is -15.9. The number of alkyl halides is 6. The molecule has 508 valence electrons. The molecule has 0 aliphatic heterocycles. The Hall–Kier alpha value is -7.92. The summed E-state index contributed by atoms with van der Waals surface area (Å²) < 4.78 is 382. The lowest BCUT2D eigenvalue weighted by Gasteiger charge is -2.28. The number of likely N-dealkylation sites (N-methyl/N-ethyl adjacent to an activating group) is 2. The number of rotatable bonds is 26. The van der Waals surface area contributed by atoms with Crippen LogP contribution in [0.5, 0.6) is 0 Å². The lowest BCUT2D eigenvalue weighted by molar-refractivity contribution is -0.138. The van der Waals surface area contributed by atoms with Gasteiger partial charge in [0.15, 0.2) is 10.3 Å². The van der Waals surface area contributed by atoms with Gasteiger partial charge in [0, 0.05) is 96.5 Å². The van der Waals surface area contributed by atoms with Crippen LogP contribution in [0.3, 0.4) is 0 Å². The molecule has 2 aliphatic carbocycles. The molecule has 1 unspecified atom stereocenters. The summed E-state index contributed by atoms with van der Waals surface area (Å²) in [5.74, 6) is -7.87. The first-order valence-electron chi connectivity index (χ1n) is 45.1. The van der Waals surface area contributed by atoms with Crippen molar-refractivity contribution in [2.24, 2.45) is 5.89 Å². The minimum Gasteiger partial charge on any atom is -0.336 e. The van der Waals surface area contributed by atoms with Crippen LogP contribution in [0.4, 0.5) is 35.1 Å². The van der Waals surface area contributed by atoms with Gasteiger partial charge in [-0.1, -0.05) is 155 Å². The highest BCUT2D eigenvalue weighted by molar-refractivity contribution is 7.98. The number of nitrogens with zero attached hydrogens (tertiary/aromatic N) is 8. The predicted molar refractivity (Wildman–Crippen MR) is 362 cm³/mol. The summed E-state index contributed by atoms with van der Waals surface area (Å²) in [6.07, 6.45) is -15.2. The second-order valence-electron chi connectivity index (χ2n) is 20.9. The van der Waals surface area contributed by atoms with Crippen LogP contribution >= 0.6 is 23.5 Å². The van der Waals surface area contributed by atoms with Gasteiger partial charge in [-0.05, 0) is 163 Å². The van der Waals surface area contributed by atoms with Gasteiger partial charge in [0.25, 0.3) is 11.1 Å². The van der Waals surface area contributed by atoms with E-state index in [4.69, 9.17) is 43.9 Å². The SMILES string of the molecule is [2H]c1c([2H])c(C([2H])([2H])Sc2nc(=O)c3c(n2CC(=O)N(CCN(C([2H])([2H])C)C([2H])([2H])C)Cc2c([2H])c([2H])c(-c4c([2H])c([2H])c(C(F)(F)F)c(C)c4[2H])c([2H])c2[2H])CCC3)c([2H])c([2H])c1F.[2H]c1c([2H])c(C([2H])([2H])Sc2nc(=O)c3c(n2CC(=O)N(CCN(C([2H])([2H])C)C([2H])([2H])C)Cc2ccc(-c4ccc(C(F)(F)F)cc4)cc2)C([2H])([2H])C([2H])(C)C3([2H])[2H])c([2H])c([2H])c1F. The fourth-order valence-electron chi connectivity index (χ4n) is 9.80. The van der Waals surface area contributed by atoms with E-state index in [0.29, 0.717) is 27.7 Å². The standard InChI is InChI=1S/2C37H40F4N4O2S/c1-4-43(5-2)18-19-44(22-26-6-10-28(11-7-26)29-12-14-30(15-13-29)37(39,40)41)34(46)23-45-33-21-25(3)20-32(33)35(47)42-36(45)48-24-27-8-16-31(38)17-9-27;1-4-43(5-2)19-20-44(22-26-9-13-28(14-10-26)29-15-18-32(25(3)21-29)37(39,40)41)34(46)23-45-33-8-6-7-31(33)35(47)42-36(45)48-24-27-11-16-30(38)17-12-27/h6-17,25H,4-5,18-24H2,1-3H3;9-18,21H,4-8,19-20,22-24H2,1-3H3/i4D2,5D2,8D,9D,16D,17D,20D2,21D2,24D2,25D;4D2,5D2,9D,10D,11D,12D,13D,14D,15D,16D,17D,18D,21D,24D2. The molecule has 0 N–H and O–H groups in total. The first kappa shape index (κ1) is 40.7. The first-order valence-corrected chi connectivity index (χ1v) is 30.7. The molecule has 0 fully saturated rings. The summed E-state index contributed by atoms with van der Waals surface area (Å²) in [6.45, 7) is -8.48. The van der Waals surface area contributed by atoms with Crippen molar-refractivity contribution in [3.63, 3.8) is 0 Å². The highest BCUT2D eigenvalue weighted by Crippen LogP contribution is 2.36. The molecular weight excluding hydrogens is 1280 g/mol. The van der Waals surface area contributed by atoms with Crippen LogP contribution in [-0.4, -0.2) is 103 Å². The molecule has 12 nitrogen and oxygen atoms in total. The molecule has 0 radical (unpaired) electrons. The van der Waals surface area contributed by atoms with Gasteiger partial charge in [0.05, 0.1) is 31.7 Å². The lowest BCUT2D eigenvalue weighted by atomic mass is 9.98. The third-order valence-corrected chi connectivity index (χ3v) is 16.2. The Morgan fingerprint density at radius 2 is 1.03 bits per heavy atom. The predicted octanol–water partition coefficient (Wildman–Crippen LogP) is 15.0. The largest absolute Gasteiger partial charge is 0.416 e. The molecule has 1 atom stereocenters. The molecule has 0 saturated carbocycles. The maximum atomic E-state index is 14.7. The van der Waals surface area contributed by atoms with E-state index in [1.54, 1.807) is 12.1 Å². The minimum atomic E-state index is -5.15. The third kappa shape index (κ3) is 19.0. The van der Waals surface area contributed by atoms with Crippen molar-refractivity contribution in [2.45, 2.75) is 134 Å². The van der Waals surface area contributed by atoms with E-state index in [1.807, 2.05) is 0 Å². The van der Waals surface area contributed by atoms with Crippen molar-refractivity contribution in [3.05, 3.63) is 233 Å². The summed E-state index contributed by atoms with van der Waals surface area (Å²) >= 11 is 0.0246. The number of carbonyl (C=O) groups excluding carboxylic acids is 2. The molecule has 6 aromatic carbocycles. The second kappa shape index (κ2) is 32.9. The number of carbonyl (C=O) groups is 2. The molecule has 10 rings (SSSR count). The van der Waals surface area contributed by atoms with Crippen molar-refractivity contribution < 1.29 is 88.6 Å². The van der Waals surface area contributed by atoms with E-state index in [-0.39, 0.29) is 54.2 Å². The van der Waals surface area contributed by atoms with E-state index in [9.17, 15) is 54.3 Å². The molecule has 22 heteroatoms. The Balaban J connectivity index is 0.000000289. The van der Waals surface area contributed by atoms with Crippen molar-refractivity contribution >= 4 is 35.3 Å². The zero-order valence-corrected chi connectivity index (χ0v) is 53.6. The number of hydrogen-bond donors (Lipinski definition) is 0. The van der Waals surface area contributed by atoms with Gasteiger partial charge in [-0.25, -0.2) is 8.78 Å². The Morgan fingerprint density at radius 1 is 0.573 bits per heavy atom. The van der Waals surface area contributed by atoms with Gasteiger partial charge in [-0.3, -0.25) is 19.2 Å². The maximum absolute atomic E-state index is 14.7. The minimum absolute atomic E-state index is 0.0921. The van der Waals surface area contributed by atoms with E-state index < -0.39 is 305 Å². The fraction of sp³-hybridized carbons (Fsp3) is 0.378. The van der Waals surface area contributed by atoms with Gasteiger partial charge in [-0.15, -0.1) is 0 Å². The normalized spacial score (nSPS) is 21.1. The first-order chi connectivity index (χ1) is 58.2. The Kier molecular flexibility index (Phi) is 13.9. The molecule has 2 amide bonds. The molecular formula is C74H80F8N8O4S2. The average molecular weight is 1390 g/mol. The van der Waals surface area contributed by atoms with Crippen molar-refractivity contribution in [1.29, 1.82) is 0 Å². The summed E-state index contributed by atoms with van der Waals surface area (Å²) in [7, 11) is 0. The van der Waals surface area contributed by atoms with Gasteiger partial charge in [-0.2, -0.15) is 36.3 Å². The van der Waals surface area contributed by atoms with Crippen LogP contribution in [0.15, 0.2) is 159 Å². The molecule has 0 bridgehead atoms. The number of aromatic nitrogens is 4. The zero-order chi connectivity index (χ0) is 97.2. The summed E-state index contributed by atoms with van der Waals surface area (Å²) in [6, 6.07) is -5.97. The second-order valence-corrected chi connectivity index (χ2v) is 22.5. The number of thioether (sulfide) groups is 2. The van der Waals surface area contributed by atoms with Crippen molar-refractivity contribution in [1.82, 2.24) is 38.7 Å². The van der Waals surface area contributed by atoms with Crippen LogP contribution in [0.25, 0.3) is 22.3 Å². The monoisotopic (exact) mass is 1390 g/mol. The topological polar surface area (TPSA) is 117 Å². The van der Waals surface area contributed by atoms with E-state index in [0.717, 1.165) is 77.8 Å². The number of halogens is 8. The molecule has 96 heavy (non-hydrogen) atoms. The number of amides is 2. The van der Waals surface area contributed by atoms with Crippen LogP contribution in [0.1, 0.15) is 146 Å². The molecule has 2 aromatic heterocycles. The Morgan fingerprint density at radius 3 is 1.52 bits per heavy atom. The summed E-state index contributed by atoms with van der Waals surface area (Å²) in [5, 5.41) is -1.34. The molecule has 8 aromatic rings.